The van der Waals surface area contributed by atoms with Gasteiger partial charge in [0, 0.05) is 0 Å². The van der Waals surface area contributed by atoms with Crippen LogP contribution in [0.1, 0.15) is 53.4 Å². The maximum Gasteiger partial charge on any atom is 0.337 e. The summed E-state index contributed by atoms with van der Waals surface area (Å²) in [6.07, 6.45) is 4.16. The molecule has 0 saturated carbocycles. The van der Waals surface area contributed by atoms with E-state index in [1.165, 1.54) is 0 Å². The minimum atomic E-state index is -3.03. The van der Waals surface area contributed by atoms with Crippen LogP contribution in [0.3, 0.4) is 0 Å². The smallest absolute Gasteiger partial charge is 0.308 e. The summed E-state index contributed by atoms with van der Waals surface area (Å²) in [5, 5.41) is 0. The molecular formula is C13H27O3P. The fourth-order valence-electron chi connectivity index (χ4n) is 1.84. The Kier molecular flexibility index (Phi) is 8.85. The van der Waals surface area contributed by atoms with Crippen LogP contribution < -0.4 is 0 Å². The molecule has 4 heteroatoms. The zero-order valence-corrected chi connectivity index (χ0v) is 12.6. The number of hydrogen-bond acceptors (Lipinski definition) is 3. The zero-order chi connectivity index (χ0) is 13.3. The van der Waals surface area contributed by atoms with E-state index in [-0.39, 0.29) is 5.66 Å². The van der Waals surface area contributed by atoms with Crippen LogP contribution in [-0.4, -0.2) is 18.9 Å². The Morgan fingerprint density at radius 2 is 1.71 bits per heavy atom. The molecule has 0 spiro atoms. The first kappa shape index (κ1) is 16.9. The molecule has 3 nitrogen and oxygen atoms in total. The van der Waals surface area contributed by atoms with Crippen LogP contribution in [0.15, 0.2) is 12.2 Å². The van der Waals surface area contributed by atoms with Gasteiger partial charge >= 0.3 is 7.60 Å². The summed E-state index contributed by atoms with van der Waals surface area (Å²) in [7, 11) is -3.03. The molecule has 0 aliphatic heterocycles. The second-order valence-corrected chi connectivity index (χ2v) is 6.45. The molecule has 17 heavy (non-hydrogen) atoms. The molecule has 0 rings (SSSR count). The van der Waals surface area contributed by atoms with E-state index in [1.807, 2.05) is 20.8 Å². The van der Waals surface area contributed by atoms with Crippen molar-refractivity contribution >= 4 is 7.60 Å². The number of rotatable bonds is 10. The van der Waals surface area contributed by atoms with Crippen LogP contribution >= 0.6 is 7.60 Å². The van der Waals surface area contributed by atoms with Crippen molar-refractivity contribution in [2.24, 2.45) is 0 Å². The van der Waals surface area contributed by atoms with E-state index >= 15 is 0 Å². The van der Waals surface area contributed by atoms with Crippen molar-refractivity contribution in [3.05, 3.63) is 12.2 Å². The molecule has 102 valence electrons. The molecule has 0 aromatic rings. The van der Waals surface area contributed by atoms with Crippen molar-refractivity contribution in [3.63, 3.8) is 0 Å². The van der Waals surface area contributed by atoms with Gasteiger partial charge in [0.15, 0.2) is 0 Å². The minimum Gasteiger partial charge on any atom is -0.308 e. The van der Waals surface area contributed by atoms with Crippen LogP contribution in [0.2, 0.25) is 0 Å². The van der Waals surface area contributed by atoms with Gasteiger partial charge < -0.3 is 9.05 Å². The molecule has 0 radical (unpaired) electrons. The van der Waals surface area contributed by atoms with Crippen molar-refractivity contribution in [1.29, 1.82) is 0 Å². The van der Waals surface area contributed by atoms with Gasteiger partial charge in [-0.2, -0.15) is 0 Å². The summed E-state index contributed by atoms with van der Waals surface area (Å²) in [6, 6.07) is 0. The Labute approximate surface area is 106 Å². The molecule has 0 aromatic carbocycles. The van der Waals surface area contributed by atoms with Crippen LogP contribution in [0.5, 0.6) is 0 Å². The van der Waals surface area contributed by atoms with Crippen molar-refractivity contribution in [2.75, 3.05) is 13.2 Å². The lowest BCUT2D eigenvalue weighted by Gasteiger charge is -2.26. The average Bonchev–Trinajstić information content (AvgIpc) is 2.24. The van der Waals surface area contributed by atoms with Crippen molar-refractivity contribution in [3.8, 4) is 0 Å². The van der Waals surface area contributed by atoms with Crippen LogP contribution in [0.25, 0.3) is 0 Å². The third kappa shape index (κ3) is 5.85. The zero-order valence-electron chi connectivity index (χ0n) is 11.7. The maximum absolute atomic E-state index is 12.6. The highest BCUT2D eigenvalue weighted by Crippen LogP contribution is 2.56. The lowest BCUT2D eigenvalue weighted by molar-refractivity contribution is 0.213. The summed E-state index contributed by atoms with van der Waals surface area (Å²) in [5.41, 5.74) is 0.736. The highest BCUT2D eigenvalue weighted by molar-refractivity contribution is 7.54. The molecule has 1 unspecified atom stereocenters. The Morgan fingerprint density at radius 3 is 2.06 bits per heavy atom. The highest BCUT2D eigenvalue weighted by atomic mass is 31.2. The van der Waals surface area contributed by atoms with Gasteiger partial charge in [0.2, 0.25) is 0 Å². The normalized spacial score (nSPS) is 13.6. The molecule has 0 fully saturated rings. The lowest BCUT2D eigenvalue weighted by Crippen LogP contribution is -2.14. The minimum absolute atomic E-state index is 0.158. The van der Waals surface area contributed by atoms with Gasteiger partial charge in [-0.1, -0.05) is 38.3 Å². The third-order valence-electron chi connectivity index (χ3n) is 2.65. The van der Waals surface area contributed by atoms with Gasteiger partial charge in [-0.3, -0.25) is 4.57 Å². The average molecular weight is 262 g/mol. The molecule has 1 atom stereocenters. The number of allylic oxidation sites excluding steroid dienone is 1. The van der Waals surface area contributed by atoms with Gasteiger partial charge in [0.25, 0.3) is 0 Å². The van der Waals surface area contributed by atoms with Gasteiger partial charge in [0.1, 0.15) is 0 Å². The largest absolute Gasteiger partial charge is 0.337 e. The van der Waals surface area contributed by atoms with Crippen LogP contribution in [0.4, 0.5) is 0 Å². The Bertz CT molecular complexity index is 253. The fraction of sp³-hybridized carbons (Fsp3) is 0.846. The predicted molar refractivity (Wildman–Crippen MR) is 73.6 cm³/mol. The molecule has 0 saturated heterocycles. The van der Waals surface area contributed by atoms with E-state index in [4.69, 9.17) is 9.05 Å². The van der Waals surface area contributed by atoms with Gasteiger partial charge in [-0.15, -0.1) is 0 Å². The Hall–Kier alpha value is -0.110. The van der Waals surface area contributed by atoms with E-state index in [9.17, 15) is 4.57 Å². The topological polar surface area (TPSA) is 35.5 Å². The number of hydrogen-bond donors (Lipinski definition) is 0. The first-order valence-corrected chi connectivity index (χ1v) is 8.17. The molecule has 0 N–H and O–H groups in total. The summed E-state index contributed by atoms with van der Waals surface area (Å²) >= 11 is 0. The molecule has 0 aliphatic carbocycles. The molecule has 0 amide bonds. The van der Waals surface area contributed by atoms with Crippen molar-refractivity contribution < 1.29 is 13.6 Å². The monoisotopic (exact) mass is 262 g/mol. The maximum atomic E-state index is 12.6. The standard InChI is InChI=1S/C13H27O3P/c1-6-9-10-11-13(12(4)5)17(14,15-7-2)16-8-3/h13H,4,6-11H2,1-3,5H3. The van der Waals surface area contributed by atoms with E-state index in [2.05, 4.69) is 13.5 Å². The summed E-state index contributed by atoms with van der Waals surface area (Å²) in [6.45, 7) is 12.5. The van der Waals surface area contributed by atoms with E-state index in [0.717, 1.165) is 31.3 Å². The Morgan fingerprint density at radius 1 is 1.18 bits per heavy atom. The van der Waals surface area contributed by atoms with Crippen molar-refractivity contribution in [1.82, 2.24) is 0 Å². The van der Waals surface area contributed by atoms with Gasteiger partial charge in [-0.25, -0.2) is 0 Å². The molecule has 0 aliphatic rings. The fourth-order valence-corrected chi connectivity index (χ4v) is 4.03. The summed E-state index contributed by atoms with van der Waals surface area (Å²) < 4.78 is 23.4. The first-order valence-electron chi connectivity index (χ1n) is 6.56. The summed E-state index contributed by atoms with van der Waals surface area (Å²) in [4.78, 5) is 0. The van der Waals surface area contributed by atoms with Gasteiger partial charge in [-0.05, 0) is 27.2 Å². The van der Waals surface area contributed by atoms with E-state index in [0.29, 0.717) is 13.2 Å². The molecule has 0 bridgehead atoms. The van der Waals surface area contributed by atoms with Crippen LogP contribution in [-0.2, 0) is 13.6 Å². The van der Waals surface area contributed by atoms with Gasteiger partial charge in [0.05, 0.1) is 18.9 Å². The van der Waals surface area contributed by atoms with Crippen molar-refractivity contribution in [2.45, 2.75) is 59.0 Å². The number of unbranched alkanes of at least 4 members (excludes halogenated alkanes) is 2. The lowest BCUT2D eigenvalue weighted by atomic mass is 10.1. The Balaban J connectivity index is 4.71. The second kappa shape index (κ2) is 8.91. The second-order valence-electron chi connectivity index (χ2n) is 4.23. The van der Waals surface area contributed by atoms with Crippen LogP contribution in [0, 0.1) is 0 Å². The predicted octanol–water partition coefficient (Wildman–Crippen LogP) is 4.78. The third-order valence-corrected chi connectivity index (χ3v) is 5.35. The molecular weight excluding hydrogens is 235 g/mol. The van der Waals surface area contributed by atoms with E-state index in [1.54, 1.807) is 0 Å². The molecule has 0 aromatic heterocycles. The SMILES string of the molecule is C=C(C)C(CCCCC)P(=O)(OCC)OCC. The summed E-state index contributed by atoms with van der Waals surface area (Å²) in [5.74, 6) is 0. The van der Waals surface area contributed by atoms with E-state index < -0.39 is 7.60 Å². The quantitative estimate of drug-likeness (QED) is 0.323. The highest BCUT2D eigenvalue weighted by Gasteiger charge is 2.35. The molecule has 0 heterocycles. The first-order chi connectivity index (χ1) is 8.01.